The van der Waals surface area contributed by atoms with Crippen LogP contribution in [0.25, 0.3) is 0 Å². The van der Waals surface area contributed by atoms with Crippen molar-refractivity contribution in [3.05, 3.63) is 23.0 Å². The third-order valence-corrected chi connectivity index (χ3v) is 5.31. The first-order chi connectivity index (χ1) is 12.6. The smallest absolute Gasteiger partial charge is 0.215 e. The molecule has 2 aliphatic rings. The van der Waals surface area contributed by atoms with E-state index in [0.717, 1.165) is 50.0 Å². The minimum atomic E-state index is 0.0591. The van der Waals surface area contributed by atoms with E-state index in [4.69, 9.17) is 19.3 Å². The van der Waals surface area contributed by atoms with Crippen LogP contribution in [0.1, 0.15) is 55.8 Å². The van der Waals surface area contributed by atoms with Gasteiger partial charge in [-0.15, -0.1) is 0 Å². The highest BCUT2D eigenvalue weighted by atomic mass is 16.5. The minimum Gasteiger partial charge on any atom is -0.478 e. The van der Waals surface area contributed by atoms with Gasteiger partial charge < -0.3 is 14.2 Å². The fourth-order valence-electron chi connectivity index (χ4n) is 3.90. The van der Waals surface area contributed by atoms with Gasteiger partial charge in [0.25, 0.3) is 0 Å². The number of hydrogen-bond acceptors (Lipinski definition) is 5. The largest absolute Gasteiger partial charge is 0.478 e. The molecule has 4 rings (SSSR count). The van der Waals surface area contributed by atoms with Crippen molar-refractivity contribution in [1.82, 2.24) is 19.6 Å². The van der Waals surface area contributed by atoms with E-state index in [9.17, 15) is 0 Å². The highest BCUT2D eigenvalue weighted by molar-refractivity contribution is 5.38. The van der Waals surface area contributed by atoms with Crippen molar-refractivity contribution in [3.8, 4) is 11.8 Å². The summed E-state index contributed by atoms with van der Waals surface area (Å²) in [5, 5.41) is 9.36. The average molecular weight is 360 g/mol. The van der Waals surface area contributed by atoms with E-state index >= 15 is 0 Å². The Balaban J connectivity index is 1.62. The Bertz CT molecular complexity index is 780. The Hall–Kier alpha value is -2.02. The van der Waals surface area contributed by atoms with Crippen LogP contribution in [-0.4, -0.2) is 46.0 Å². The van der Waals surface area contributed by atoms with Gasteiger partial charge in [-0.1, -0.05) is 20.8 Å². The predicted molar refractivity (Wildman–Crippen MR) is 97.1 cm³/mol. The molecule has 7 nitrogen and oxygen atoms in total. The molecule has 0 aromatic carbocycles. The fraction of sp³-hybridized carbons (Fsp3) is 0.684. The van der Waals surface area contributed by atoms with Crippen LogP contribution in [0.5, 0.6) is 11.8 Å². The zero-order valence-corrected chi connectivity index (χ0v) is 16.1. The van der Waals surface area contributed by atoms with Gasteiger partial charge in [0, 0.05) is 31.2 Å². The summed E-state index contributed by atoms with van der Waals surface area (Å²) < 4.78 is 21.3. The van der Waals surface area contributed by atoms with Crippen LogP contribution in [0.2, 0.25) is 0 Å². The normalized spacial score (nSPS) is 20.3. The molecular weight excluding hydrogens is 332 g/mol. The molecule has 2 unspecified atom stereocenters. The third kappa shape index (κ3) is 2.98. The summed E-state index contributed by atoms with van der Waals surface area (Å²) in [5.41, 5.74) is 3.49. The summed E-state index contributed by atoms with van der Waals surface area (Å²) in [6.07, 6.45) is 3.87. The Morgan fingerprint density at radius 2 is 2.08 bits per heavy atom. The van der Waals surface area contributed by atoms with E-state index in [2.05, 4.69) is 25.9 Å². The van der Waals surface area contributed by atoms with E-state index in [1.165, 1.54) is 11.1 Å². The van der Waals surface area contributed by atoms with Crippen molar-refractivity contribution in [1.29, 1.82) is 0 Å². The van der Waals surface area contributed by atoms with E-state index in [-0.39, 0.29) is 12.0 Å². The topological polar surface area (TPSA) is 63.3 Å². The molecule has 7 heteroatoms. The molecule has 2 aromatic heterocycles. The molecule has 0 saturated heterocycles. The highest BCUT2D eigenvalue weighted by Gasteiger charge is 2.30. The molecule has 0 spiro atoms. The fourth-order valence-corrected chi connectivity index (χ4v) is 3.90. The lowest BCUT2D eigenvalue weighted by molar-refractivity contribution is 0.0173. The van der Waals surface area contributed by atoms with E-state index < -0.39 is 0 Å². The molecule has 2 aromatic rings. The van der Waals surface area contributed by atoms with Gasteiger partial charge in [0.2, 0.25) is 11.8 Å². The monoisotopic (exact) mass is 360 g/mol. The van der Waals surface area contributed by atoms with Gasteiger partial charge in [-0.3, -0.25) is 0 Å². The molecule has 0 radical (unpaired) electrons. The Labute approximate surface area is 154 Å². The lowest BCUT2D eigenvalue weighted by Crippen LogP contribution is -2.32. The van der Waals surface area contributed by atoms with Gasteiger partial charge in [0.1, 0.15) is 12.7 Å². The van der Waals surface area contributed by atoms with Crippen molar-refractivity contribution in [2.75, 3.05) is 20.3 Å². The summed E-state index contributed by atoms with van der Waals surface area (Å²) in [5.74, 6) is 2.47. The molecule has 4 heterocycles. The van der Waals surface area contributed by atoms with Gasteiger partial charge in [0.05, 0.1) is 25.0 Å². The molecule has 2 aliphatic heterocycles. The maximum atomic E-state index is 6.00. The number of rotatable bonds is 5. The second kappa shape index (κ2) is 6.95. The molecule has 142 valence electrons. The summed E-state index contributed by atoms with van der Waals surface area (Å²) in [7, 11) is 1.72. The van der Waals surface area contributed by atoms with Crippen molar-refractivity contribution in [2.24, 2.45) is 0 Å². The Kier molecular flexibility index (Phi) is 4.65. The maximum absolute atomic E-state index is 6.00. The summed E-state index contributed by atoms with van der Waals surface area (Å²) in [4.78, 5) is 0. The number of hydrogen-bond donors (Lipinski definition) is 0. The number of aryl methyl sites for hydroxylation is 1. The highest BCUT2D eigenvalue weighted by Crippen LogP contribution is 2.37. The first-order valence-electron chi connectivity index (χ1n) is 9.52. The molecule has 0 saturated carbocycles. The van der Waals surface area contributed by atoms with Crippen molar-refractivity contribution in [3.63, 3.8) is 0 Å². The van der Waals surface area contributed by atoms with Gasteiger partial charge in [-0.25, -0.2) is 9.36 Å². The number of aromatic nitrogens is 4. The maximum Gasteiger partial charge on any atom is 0.215 e. The lowest BCUT2D eigenvalue weighted by Gasteiger charge is -2.24. The van der Waals surface area contributed by atoms with E-state index in [1.54, 1.807) is 7.11 Å². The molecule has 0 bridgehead atoms. The van der Waals surface area contributed by atoms with Crippen LogP contribution in [0, 0.1) is 0 Å². The van der Waals surface area contributed by atoms with Gasteiger partial charge >= 0.3 is 0 Å². The molecule has 0 fully saturated rings. The van der Waals surface area contributed by atoms with Gasteiger partial charge in [0.15, 0.2) is 0 Å². The van der Waals surface area contributed by atoms with Gasteiger partial charge in [-0.05, 0) is 18.3 Å². The predicted octanol–water partition coefficient (Wildman–Crippen LogP) is 2.74. The zero-order valence-electron chi connectivity index (χ0n) is 16.1. The average Bonchev–Trinajstić information content (AvgIpc) is 3.21. The van der Waals surface area contributed by atoms with Crippen LogP contribution >= 0.6 is 0 Å². The second-order valence-corrected chi connectivity index (χ2v) is 7.61. The SMILES string of the molecule is COC1COc2c(C(C)C)c(CC(C)c3cnn4c3OCCC4)nn2C1. The summed E-state index contributed by atoms with van der Waals surface area (Å²) in [6, 6.07) is 0. The van der Waals surface area contributed by atoms with Crippen LogP contribution in [0.4, 0.5) is 0 Å². The zero-order chi connectivity index (χ0) is 18.3. The first-order valence-corrected chi connectivity index (χ1v) is 9.52. The van der Waals surface area contributed by atoms with Crippen LogP contribution in [0.3, 0.4) is 0 Å². The molecule has 0 N–H and O–H groups in total. The van der Waals surface area contributed by atoms with Gasteiger partial charge in [-0.2, -0.15) is 10.2 Å². The third-order valence-electron chi connectivity index (χ3n) is 5.31. The first kappa shape index (κ1) is 17.4. The Morgan fingerprint density at radius 1 is 1.23 bits per heavy atom. The number of fused-ring (bicyclic) bond motifs is 2. The molecule has 0 aliphatic carbocycles. The summed E-state index contributed by atoms with van der Waals surface area (Å²) in [6.45, 7) is 9.65. The molecule has 0 amide bonds. The molecule has 26 heavy (non-hydrogen) atoms. The minimum absolute atomic E-state index is 0.0591. The van der Waals surface area contributed by atoms with Crippen LogP contribution < -0.4 is 9.47 Å². The molecular formula is C19H28N4O3. The number of nitrogens with zero attached hydrogens (tertiary/aromatic N) is 4. The quantitative estimate of drug-likeness (QED) is 0.820. The van der Waals surface area contributed by atoms with Crippen molar-refractivity contribution in [2.45, 2.75) is 64.6 Å². The van der Waals surface area contributed by atoms with E-state index in [1.807, 2.05) is 15.6 Å². The second-order valence-electron chi connectivity index (χ2n) is 7.61. The van der Waals surface area contributed by atoms with Crippen LogP contribution in [-0.2, 0) is 24.2 Å². The summed E-state index contributed by atoms with van der Waals surface area (Å²) >= 11 is 0. The van der Waals surface area contributed by atoms with Crippen LogP contribution in [0.15, 0.2) is 6.20 Å². The number of ether oxygens (including phenoxy) is 3. The van der Waals surface area contributed by atoms with Crippen molar-refractivity contribution >= 4 is 0 Å². The van der Waals surface area contributed by atoms with E-state index in [0.29, 0.717) is 12.5 Å². The lowest BCUT2D eigenvalue weighted by atomic mass is 9.93. The number of methoxy groups -OCH3 is 1. The van der Waals surface area contributed by atoms with Crippen molar-refractivity contribution < 1.29 is 14.2 Å². The standard InChI is InChI=1S/C19H28N4O3/c1-12(2)17-16(21-23-10-14(24-4)11-26-19(17)23)8-13(3)15-9-20-22-6-5-7-25-18(15)22/h9,12-14H,5-8,10-11H2,1-4H3. The molecule has 2 atom stereocenters. The Morgan fingerprint density at radius 3 is 2.85 bits per heavy atom.